The standard InChI is InChI=1S/C25H20N2O2S/c28-25(26-15-7-14-24-27-22-12-5-6-13-23(22)30-24)29-16-21-19-10-3-1-8-17(19)18-9-2-4-11-20(18)21/h1-14,21H,15-16H2,(H,26,28). The highest BCUT2D eigenvalue weighted by molar-refractivity contribution is 7.19. The predicted octanol–water partition coefficient (Wildman–Crippen LogP) is 5.85. The number of hydrogen-bond donors (Lipinski definition) is 1. The lowest BCUT2D eigenvalue weighted by Crippen LogP contribution is -2.26. The molecule has 1 N–H and O–H groups in total. The van der Waals surface area contributed by atoms with E-state index >= 15 is 0 Å². The van der Waals surface area contributed by atoms with E-state index in [0.717, 1.165) is 15.2 Å². The molecule has 1 heterocycles. The van der Waals surface area contributed by atoms with Gasteiger partial charge in [-0.25, -0.2) is 9.78 Å². The van der Waals surface area contributed by atoms with E-state index in [9.17, 15) is 4.79 Å². The second-order valence-corrected chi connectivity index (χ2v) is 8.19. The number of para-hydroxylation sites is 1. The van der Waals surface area contributed by atoms with Gasteiger partial charge in [-0.15, -0.1) is 11.3 Å². The third kappa shape index (κ3) is 3.60. The zero-order valence-electron chi connectivity index (χ0n) is 16.2. The Labute approximate surface area is 178 Å². The van der Waals surface area contributed by atoms with Crippen molar-refractivity contribution >= 4 is 33.7 Å². The fourth-order valence-corrected chi connectivity index (χ4v) is 4.81. The molecule has 1 aliphatic carbocycles. The molecule has 4 nitrogen and oxygen atoms in total. The summed E-state index contributed by atoms with van der Waals surface area (Å²) in [5.41, 5.74) is 5.86. The van der Waals surface area contributed by atoms with E-state index in [4.69, 9.17) is 4.74 Å². The van der Waals surface area contributed by atoms with E-state index in [2.05, 4.69) is 40.6 Å². The van der Waals surface area contributed by atoms with Gasteiger partial charge in [0.2, 0.25) is 0 Å². The molecule has 5 heteroatoms. The van der Waals surface area contributed by atoms with Gasteiger partial charge in [0, 0.05) is 12.5 Å². The molecule has 0 aliphatic heterocycles. The summed E-state index contributed by atoms with van der Waals surface area (Å²) in [6.07, 6.45) is 3.40. The minimum Gasteiger partial charge on any atom is -0.449 e. The Morgan fingerprint density at radius 3 is 2.37 bits per heavy atom. The lowest BCUT2D eigenvalue weighted by atomic mass is 9.98. The SMILES string of the molecule is O=C(NCC=Cc1nc2ccccc2s1)OCC1c2ccccc2-c2ccccc21. The van der Waals surface area contributed by atoms with Gasteiger partial charge in [0.15, 0.2) is 0 Å². The number of thiazole rings is 1. The van der Waals surface area contributed by atoms with E-state index in [-0.39, 0.29) is 5.92 Å². The van der Waals surface area contributed by atoms with Crippen molar-refractivity contribution in [3.63, 3.8) is 0 Å². The molecule has 1 aliphatic rings. The summed E-state index contributed by atoms with van der Waals surface area (Å²) in [5, 5.41) is 3.71. The Hall–Kier alpha value is -3.44. The van der Waals surface area contributed by atoms with Crippen molar-refractivity contribution < 1.29 is 9.53 Å². The molecule has 0 bridgehead atoms. The monoisotopic (exact) mass is 412 g/mol. The van der Waals surface area contributed by atoms with E-state index in [1.165, 1.54) is 22.3 Å². The summed E-state index contributed by atoms with van der Waals surface area (Å²) < 4.78 is 6.70. The summed E-state index contributed by atoms with van der Waals surface area (Å²) in [5.74, 6) is 0.0708. The molecule has 4 aromatic rings. The quantitative estimate of drug-likeness (QED) is 0.447. The topological polar surface area (TPSA) is 51.2 Å². The van der Waals surface area contributed by atoms with Gasteiger partial charge in [-0.05, 0) is 40.5 Å². The molecule has 0 saturated carbocycles. The van der Waals surface area contributed by atoms with E-state index in [1.807, 2.05) is 54.6 Å². The van der Waals surface area contributed by atoms with Gasteiger partial charge in [-0.1, -0.05) is 66.7 Å². The lowest BCUT2D eigenvalue weighted by Gasteiger charge is -2.14. The van der Waals surface area contributed by atoms with Crippen LogP contribution in [0.25, 0.3) is 27.4 Å². The van der Waals surface area contributed by atoms with E-state index in [1.54, 1.807) is 11.3 Å². The first-order chi connectivity index (χ1) is 14.8. The number of fused-ring (bicyclic) bond motifs is 4. The first-order valence-corrected chi connectivity index (χ1v) is 10.7. The molecule has 0 saturated heterocycles. The van der Waals surface area contributed by atoms with Gasteiger partial charge in [0.25, 0.3) is 0 Å². The highest BCUT2D eigenvalue weighted by Crippen LogP contribution is 2.44. The Morgan fingerprint density at radius 1 is 0.967 bits per heavy atom. The average molecular weight is 413 g/mol. The van der Waals surface area contributed by atoms with Gasteiger partial charge < -0.3 is 10.1 Å². The Bertz CT molecular complexity index is 1170. The van der Waals surface area contributed by atoms with Crippen LogP contribution < -0.4 is 5.32 Å². The zero-order chi connectivity index (χ0) is 20.3. The van der Waals surface area contributed by atoms with Gasteiger partial charge in [-0.3, -0.25) is 0 Å². The second kappa shape index (κ2) is 8.13. The summed E-state index contributed by atoms with van der Waals surface area (Å²) in [7, 11) is 0. The van der Waals surface area contributed by atoms with Crippen molar-refractivity contribution in [3.05, 3.63) is 95.0 Å². The van der Waals surface area contributed by atoms with Crippen molar-refractivity contribution in [2.75, 3.05) is 13.2 Å². The van der Waals surface area contributed by atoms with Gasteiger partial charge in [-0.2, -0.15) is 0 Å². The molecular formula is C25H20N2O2S. The van der Waals surface area contributed by atoms with Crippen molar-refractivity contribution in [1.82, 2.24) is 10.3 Å². The summed E-state index contributed by atoms with van der Waals surface area (Å²) >= 11 is 1.63. The van der Waals surface area contributed by atoms with Crippen molar-refractivity contribution in [2.45, 2.75) is 5.92 Å². The fourth-order valence-electron chi connectivity index (χ4n) is 3.91. The van der Waals surface area contributed by atoms with Crippen LogP contribution in [0.3, 0.4) is 0 Å². The third-order valence-corrected chi connectivity index (χ3v) is 6.28. The summed E-state index contributed by atoms with van der Waals surface area (Å²) in [6.45, 7) is 0.716. The van der Waals surface area contributed by atoms with Crippen LogP contribution in [0.1, 0.15) is 22.1 Å². The molecule has 0 spiro atoms. The van der Waals surface area contributed by atoms with Crippen LogP contribution in [0.4, 0.5) is 4.79 Å². The van der Waals surface area contributed by atoms with Crippen molar-refractivity contribution in [3.8, 4) is 11.1 Å². The maximum absolute atomic E-state index is 12.2. The third-order valence-electron chi connectivity index (χ3n) is 5.28. The number of alkyl carbamates (subject to hydrolysis) is 1. The average Bonchev–Trinajstić information content (AvgIpc) is 3.34. The second-order valence-electron chi connectivity index (χ2n) is 7.13. The van der Waals surface area contributed by atoms with E-state index in [0.29, 0.717) is 13.2 Å². The van der Waals surface area contributed by atoms with Crippen LogP contribution >= 0.6 is 11.3 Å². The lowest BCUT2D eigenvalue weighted by molar-refractivity contribution is 0.144. The number of nitrogens with zero attached hydrogens (tertiary/aromatic N) is 1. The molecule has 0 fully saturated rings. The Morgan fingerprint density at radius 2 is 1.63 bits per heavy atom. The molecule has 148 valence electrons. The zero-order valence-corrected chi connectivity index (χ0v) is 17.1. The molecule has 1 amide bonds. The van der Waals surface area contributed by atoms with E-state index < -0.39 is 6.09 Å². The number of rotatable bonds is 5. The highest BCUT2D eigenvalue weighted by Gasteiger charge is 2.28. The van der Waals surface area contributed by atoms with Crippen LogP contribution in [-0.2, 0) is 4.74 Å². The van der Waals surface area contributed by atoms with Gasteiger partial charge >= 0.3 is 6.09 Å². The molecule has 30 heavy (non-hydrogen) atoms. The van der Waals surface area contributed by atoms with Crippen molar-refractivity contribution in [1.29, 1.82) is 0 Å². The maximum atomic E-state index is 12.2. The molecule has 1 aromatic heterocycles. The number of carbonyl (C=O) groups is 1. The van der Waals surface area contributed by atoms with Crippen LogP contribution in [0.15, 0.2) is 78.9 Å². The number of ether oxygens (including phenoxy) is 1. The van der Waals surface area contributed by atoms with Gasteiger partial charge in [0.1, 0.15) is 11.6 Å². The Kier molecular flexibility index (Phi) is 5.03. The minimum absolute atomic E-state index is 0.0708. The molecule has 0 atom stereocenters. The minimum atomic E-state index is -0.411. The molecule has 0 unspecified atom stereocenters. The molecular weight excluding hydrogens is 392 g/mol. The summed E-state index contributed by atoms with van der Waals surface area (Å²) in [6, 6.07) is 24.7. The first-order valence-electron chi connectivity index (χ1n) is 9.90. The highest BCUT2D eigenvalue weighted by atomic mass is 32.1. The first kappa shape index (κ1) is 18.6. The maximum Gasteiger partial charge on any atom is 0.407 e. The Balaban J connectivity index is 1.18. The summed E-state index contributed by atoms with van der Waals surface area (Å²) in [4.78, 5) is 16.7. The van der Waals surface area contributed by atoms with Crippen LogP contribution in [0.2, 0.25) is 0 Å². The number of carbonyl (C=O) groups excluding carboxylic acids is 1. The molecule has 5 rings (SSSR count). The van der Waals surface area contributed by atoms with Crippen molar-refractivity contribution in [2.24, 2.45) is 0 Å². The predicted molar refractivity (Wildman–Crippen MR) is 122 cm³/mol. The number of aromatic nitrogens is 1. The van der Waals surface area contributed by atoms with Crippen LogP contribution in [-0.4, -0.2) is 24.2 Å². The number of hydrogen-bond acceptors (Lipinski definition) is 4. The van der Waals surface area contributed by atoms with Gasteiger partial charge in [0.05, 0.1) is 10.2 Å². The smallest absolute Gasteiger partial charge is 0.407 e. The largest absolute Gasteiger partial charge is 0.449 e. The number of nitrogens with one attached hydrogen (secondary N) is 1. The van der Waals surface area contributed by atoms with Crippen LogP contribution in [0, 0.1) is 0 Å². The van der Waals surface area contributed by atoms with Crippen LogP contribution in [0.5, 0.6) is 0 Å². The number of benzene rings is 3. The number of amides is 1. The molecule has 0 radical (unpaired) electrons. The fraction of sp³-hybridized carbons (Fsp3) is 0.120. The molecule has 3 aromatic carbocycles. The normalized spacial score (nSPS) is 12.8.